The highest BCUT2D eigenvalue weighted by atomic mass is 16.5. The Morgan fingerprint density at radius 3 is 2.55 bits per heavy atom. The minimum atomic E-state index is -0.352. The summed E-state index contributed by atoms with van der Waals surface area (Å²) in [5.74, 6) is 2.04. The summed E-state index contributed by atoms with van der Waals surface area (Å²) >= 11 is 0. The van der Waals surface area contributed by atoms with Crippen LogP contribution >= 0.6 is 0 Å². The number of hydrogen-bond acceptors (Lipinski definition) is 7. The Hall–Kier alpha value is -4.01. The molecular formula is C22H22N6O3. The standard InChI is InChI=1S/C22H22N6O3/c1-14-12-16(18-10-11-23-15(2)24-18)8-9-20(14)31-13-17-19(6-5-7-21(17)30-4)28-22(29)27(3)25-26-28/h5-12H,13H2,1-4H3. The first-order chi connectivity index (χ1) is 15.0. The summed E-state index contributed by atoms with van der Waals surface area (Å²) in [6, 6.07) is 13.2. The van der Waals surface area contributed by atoms with Crippen molar-refractivity contribution in [2.45, 2.75) is 20.5 Å². The third-order valence-corrected chi connectivity index (χ3v) is 4.90. The van der Waals surface area contributed by atoms with Crippen molar-refractivity contribution in [3.63, 3.8) is 0 Å². The number of benzene rings is 2. The highest BCUT2D eigenvalue weighted by Crippen LogP contribution is 2.29. The van der Waals surface area contributed by atoms with Gasteiger partial charge in [0, 0.05) is 18.8 Å². The fourth-order valence-corrected chi connectivity index (χ4v) is 3.29. The largest absolute Gasteiger partial charge is 0.496 e. The maximum Gasteiger partial charge on any atom is 0.368 e. The summed E-state index contributed by atoms with van der Waals surface area (Å²) in [6.45, 7) is 4.03. The molecule has 0 fully saturated rings. The van der Waals surface area contributed by atoms with Crippen LogP contribution < -0.4 is 15.2 Å². The predicted octanol–water partition coefficient (Wildman–Crippen LogP) is 2.63. The highest BCUT2D eigenvalue weighted by molar-refractivity contribution is 5.61. The maximum atomic E-state index is 12.4. The van der Waals surface area contributed by atoms with Crippen LogP contribution in [0.4, 0.5) is 0 Å². The molecule has 2 aromatic heterocycles. The second-order valence-electron chi connectivity index (χ2n) is 7.01. The molecule has 0 aliphatic heterocycles. The van der Waals surface area contributed by atoms with Gasteiger partial charge >= 0.3 is 5.69 Å². The molecule has 2 heterocycles. The van der Waals surface area contributed by atoms with Gasteiger partial charge in [0.1, 0.15) is 23.9 Å². The zero-order valence-corrected chi connectivity index (χ0v) is 17.7. The van der Waals surface area contributed by atoms with E-state index in [1.165, 1.54) is 9.36 Å². The van der Waals surface area contributed by atoms with E-state index in [1.54, 1.807) is 32.5 Å². The number of nitrogens with zero attached hydrogens (tertiary/aromatic N) is 6. The van der Waals surface area contributed by atoms with Crippen LogP contribution in [0, 0.1) is 13.8 Å². The molecule has 0 saturated carbocycles. The van der Waals surface area contributed by atoms with Gasteiger partial charge in [-0.05, 0) is 66.2 Å². The summed E-state index contributed by atoms with van der Waals surface area (Å²) in [5.41, 5.74) is 3.71. The highest BCUT2D eigenvalue weighted by Gasteiger charge is 2.16. The normalized spacial score (nSPS) is 10.8. The van der Waals surface area contributed by atoms with Gasteiger partial charge in [0.2, 0.25) is 0 Å². The lowest BCUT2D eigenvalue weighted by Crippen LogP contribution is -2.23. The minimum absolute atomic E-state index is 0.190. The van der Waals surface area contributed by atoms with Crippen molar-refractivity contribution in [2.75, 3.05) is 7.11 Å². The molecule has 4 aromatic rings. The van der Waals surface area contributed by atoms with E-state index in [1.807, 2.05) is 44.2 Å². The maximum absolute atomic E-state index is 12.4. The van der Waals surface area contributed by atoms with Crippen molar-refractivity contribution in [3.8, 4) is 28.4 Å². The van der Waals surface area contributed by atoms with Gasteiger partial charge in [-0.1, -0.05) is 6.07 Å². The van der Waals surface area contributed by atoms with Crippen LogP contribution in [0.5, 0.6) is 11.5 Å². The molecule has 0 radical (unpaired) electrons. The molecule has 0 atom stereocenters. The van der Waals surface area contributed by atoms with Crippen LogP contribution in [0.3, 0.4) is 0 Å². The van der Waals surface area contributed by atoms with Crippen molar-refractivity contribution in [2.24, 2.45) is 7.05 Å². The Balaban J connectivity index is 1.64. The molecular weight excluding hydrogens is 396 g/mol. The zero-order valence-electron chi connectivity index (χ0n) is 17.7. The molecule has 0 saturated heterocycles. The van der Waals surface area contributed by atoms with E-state index < -0.39 is 0 Å². The van der Waals surface area contributed by atoms with Gasteiger partial charge in [-0.2, -0.15) is 9.36 Å². The smallest absolute Gasteiger partial charge is 0.368 e. The number of rotatable bonds is 6. The van der Waals surface area contributed by atoms with Crippen molar-refractivity contribution < 1.29 is 9.47 Å². The topological polar surface area (TPSA) is 97.0 Å². The Labute approximate surface area is 178 Å². The van der Waals surface area contributed by atoms with E-state index in [-0.39, 0.29) is 12.3 Å². The van der Waals surface area contributed by atoms with Crippen molar-refractivity contribution >= 4 is 0 Å². The lowest BCUT2D eigenvalue weighted by molar-refractivity contribution is 0.294. The molecule has 2 aromatic carbocycles. The van der Waals surface area contributed by atoms with E-state index in [0.717, 1.165) is 28.4 Å². The molecule has 9 heteroatoms. The molecule has 9 nitrogen and oxygen atoms in total. The van der Waals surface area contributed by atoms with Crippen LogP contribution in [0.15, 0.2) is 53.5 Å². The quantitative estimate of drug-likeness (QED) is 0.475. The van der Waals surface area contributed by atoms with E-state index in [2.05, 4.69) is 20.4 Å². The van der Waals surface area contributed by atoms with E-state index in [0.29, 0.717) is 17.0 Å². The minimum Gasteiger partial charge on any atom is -0.496 e. The third-order valence-electron chi connectivity index (χ3n) is 4.90. The van der Waals surface area contributed by atoms with Gasteiger partial charge in [-0.15, -0.1) is 0 Å². The van der Waals surface area contributed by atoms with E-state index >= 15 is 0 Å². The van der Waals surface area contributed by atoms with Gasteiger partial charge < -0.3 is 9.47 Å². The summed E-state index contributed by atoms with van der Waals surface area (Å²) in [5, 5.41) is 7.73. The third kappa shape index (κ3) is 4.02. The number of methoxy groups -OCH3 is 1. The van der Waals surface area contributed by atoms with E-state index in [4.69, 9.17) is 9.47 Å². The fourth-order valence-electron chi connectivity index (χ4n) is 3.29. The SMILES string of the molecule is COc1cccc(-n2nnn(C)c2=O)c1COc1ccc(-c2ccnc(C)n2)cc1C. The second kappa shape index (κ2) is 8.39. The lowest BCUT2D eigenvalue weighted by Gasteiger charge is -2.15. The molecule has 0 aliphatic carbocycles. The monoisotopic (exact) mass is 418 g/mol. The van der Waals surface area contributed by atoms with Crippen LogP contribution in [-0.4, -0.2) is 36.9 Å². The predicted molar refractivity (Wildman–Crippen MR) is 114 cm³/mol. The summed E-state index contributed by atoms with van der Waals surface area (Å²) in [4.78, 5) is 21.0. The molecule has 0 N–H and O–H groups in total. The van der Waals surface area contributed by atoms with Crippen molar-refractivity contribution in [3.05, 3.63) is 76.1 Å². The average molecular weight is 418 g/mol. The molecule has 31 heavy (non-hydrogen) atoms. The molecule has 0 spiro atoms. The van der Waals surface area contributed by atoms with Crippen LogP contribution in [-0.2, 0) is 13.7 Å². The Morgan fingerprint density at radius 1 is 1.03 bits per heavy atom. The molecule has 4 rings (SSSR count). The van der Waals surface area contributed by atoms with Crippen LogP contribution in [0.25, 0.3) is 16.9 Å². The fraction of sp³-hybridized carbons (Fsp3) is 0.227. The number of hydrogen-bond donors (Lipinski definition) is 0. The summed E-state index contributed by atoms with van der Waals surface area (Å²) in [7, 11) is 3.12. The molecule has 0 amide bonds. The molecule has 0 bridgehead atoms. The summed E-state index contributed by atoms with van der Waals surface area (Å²) < 4.78 is 14.0. The van der Waals surface area contributed by atoms with Crippen molar-refractivity contribution in [1.29, 1.82) is 0 Å². The Morgan fingerprint density at radius 2 is 1.87 bits per heavy atom. The summed E-state index contributed by atoms with van der Waals surface area (Å²) in [6.07, 6.45) is 1.75. The Bertz CT molecular complexity index is 1290. The molecule has 0 aliphatic rings. The van der Waals surface area contributed by atoms with E-state index in [9.17, 15) is 4.79 Å². The van der Waals surface area contributed by atoms with Gasteiger partial charge in [0.05, 0.1) is 24.1 Å². The van der Waals surface area contributed by atoms with Gasteiger partial charge in [0.15, 0.2) is 0 Å². The molecule has 158 valence electrons. The van der Waals surface area contributed by atoms with Crippen LogP contribution in [0.1, 0.15) is 17.0 Å². The number of tetrazole rings is 1. The average Bonchev–Trinajstić information content (AvgIpc) is 3.10. The van der Waals surface area contributed by atoms with Crippen molar-refractivity contribution in [1.82, 2.24) is 29.8 Å². The molecule has 0 unspecified atom stereocenters. The number of aryl methyl sites for hydroxylation is 3. The first-order valence-electron chi connectivity index (χ1n) is 9.66. The van der Waals surface area contributed by atoms with Crippen LogP contribution in [0.2, 0.25) is 0 Å². The lowest BCUT2D eigenvalue weighted by atomic mass is 10.1. The first kappa shape index (κ1) is 20.3. The Kier molecular flexibility index (Phi) is 5.48. The zero-order chi connectivity index (χ0) is 22.0. The van der Waals surface area contributed by atoms with Gasteiger partial charge in [0.25, 0.3) is 0 Å². The van der Waals surface area contributed by atoms with Gasteiger partial charge in [-0.25, -0.2) is 14.8 Å². The van der Waals surface area contributed by atoms with Gasteiger partial charge in [-0.3, -0.25) is 0 Å². The second-order valence-corrected chi connectivity index (χ2v) is 7.01. The first-order valence-corrected chi connectivity index (χ1v) is 9.66. The number of aromatic nitrogens is 6. The number of ether oxygens (including phenoxy) is 2.